The number of nitrogens with one attached hydrogen (secondary N) is 1. The van der Waals surface area contributed by atoms with Crippen LogP contribution in [0, 0.1) is 13.8 Å². The van der Waals surface area contributed by atoms with E-state index in [9.17, 15) is 18.0 Å². The molecule has 1 atom stereocenters. The Balaban J connectivity index is 2.07. The number of benzene rings is 3. The number of sulfonamides is 1. The molecule has 39 heavy (non-hydrogen) atoms. The molecule has 0 heterocycles. The van der Waals surface area contributed by atoms with Gasteiger partial charge in [-0.3, -0.25) is 13.9 Å². The highest BCUT2D eigenvalue weighted by Gasteiger charge is 2.33. The minimum Gasteiger partial charge on any atom is -0.354 e. The summed E-state index contributed by atoms with van der Waals surface area (Å²) in [4.78, 5) is 28.7. The van der Waals surface area contributed by atoms with E-state index in [1.54, 1.807) is 36.4 Å². The van der Waals surface area contributed by atoms with Crippen LogP contribution in [0.25, 0.3) is 0 Å². The fourth-order valence-corrected chi connectivity index (χ4v) is 5.84. The van der Waals surface area contributed by atoms with Gasteiger partial charge in [0.25, 0.3) is 10.0 Å². The molecule has 0 aliphatic carbocycles. The fraction of sp³-hybridized carbons (Fsp3) is 0.333. The lowest BCUT2D eigenvalue weighted by atomic mass is 10.1. The predicted molar refractivity (Wildman–Crippen MR) is 156 cm³/mol. The van der Waals surface area contributed by atoms with Crippen molar-refractivity contribution in [2.24, 2.45) is 0 Å². The van der Waals surface area contributed by atoms with Crippen LogP contribution in [0.2, 0.25) is 5.02 Å². The molecule has 0 radical (unpaired) electrons. The monoisotopic (exact) mass is 569 g/mol. The second-order valence-electron chi connectivity index (χ2n) is 9.42. The first-order chi connectivity index (χ1) is 18.6. The van der Waals surface area contributed by atoms with Crippen LogP contribution in [0.1, 0.15) is 43.4 Å². The molecule has 0 saturated carbocycles. The second kappa shape index (κ2) is 13.6. The Morgan fingerprint density at radius 3 is 2.21 bits per heavy atom. The summed E-state index contributed by atoms with van der Waals surface area (Å²) in [5, 5.41) is 3.28. The standard InChI is InChI=1S/C30H36ClN3O4S/c1-5-18-32-30(36)28(6-2)33(20-24-13-11-10-12-22(24)3)29(35)21-34(25-17-16-23(4)27(31)19-25)39(37,38)26-14-8-7-9-15-26/h7-17,19,28H,5-6,18,20-21H2,1-4H3,(H,32,36)/t28-/m1/s1. The number of anilines is 1. The fourth-order valence-electron chi connectivity index (χ4n) is 4.24. The van der Waals surface area contributed by atoms with Crippen LogP contribution in [0.3, 0.4) is 0 Å². The van der Waals surface area contributed by atoms with Gasteiger partial charge in [0.05, 0.1) is 10.6 Å². The Kier molecular flexibility index (Phi) is 10.5. The minimum absolute atomic E-state index is 0.0488. The third kappa shape index (κ3) is 7.40. The van der Waals surface area contributed by atoms with Crippen LogP contribution in [0.5, 0.6) is 0 Å². The quantitative estimate of drug-likeness (QED) is 0.313. The lowest BCUT2D eigenvalue weighted by Gasteiger charge is -2.33. The molecule has 0 aromatic heterocycles. The Labute approximate surface area is 236 Å². The molecule has 9 heteroatoms. The number of carbonyl (C=O) groups is 2. The summed E-state index contributed by atoms with van der Waals surface area (Å²) in [5.74, 6) is -0.759. The third-order valence-electron chi connectivity index (χ3n) is 6.59. The summed E-state index contributed by atoms with van der Waals surface area (Å²) in [6.45, 7) is 7.70. The molecule has 0 bridgehead atoms. The van der Waals surface area contributed by atoms with Crippen LogP contribution in [0.4, 0.5) is 5.69 Å². The molecule has 1 N–H and O–H groups in total. The van der Waals surface area contributed by atoms with Crippen LogP contribution >= 0.6 is 11.6 Å². The van der Waals surface area contributed by atoms with Crippen molar-refractivity contribution in [3.05, 3.63) is 94.5 Å². The van der Waals surface area contributed by atoms with Gasteiger partial charge in [0.15, 0.2) is 0 Å². The average Bonchev–Trinajstić information content (AvgIpc) is 2.93. The van der Waals surface area contributed by atoms with Gasteiger partial charge in [-0.05, 0) is 67.6 Å². The van der Waals surface area contributed by atoms with Crippen LogP contribution < -0.4 is 9.62 Å². The Morgan fingerprint density at radius 2 is 1.59 bits per heavy atom. The van der Waals surface area contributed by atoms with E-state index in [1.807, 2.05) is 52.0 Å². The molecule has 3 aromatic rings. The largest absolute Gasteiger partial charge is 0.354 e. The molecule has 0 spiro atoms. The summed E-state index contributed by atoms with van der Waals surface area (Å²) >= 11 is 6.37. The molecule has 7 nitrogen and oxygen atoms in total. The number of hydrogen-bond donors (Lipinski definition) is 1. The zero-order valence-electron chi connectivity index (χ0n) is 22.9. The maximum atomic E-state index is 14.1. The lowest BCUT2D eigenvalue weighted by molar-refractivity contribution is -0.140. The van der Waals surface area contributed by atoms with E-state index < -0.39 is 28.5 Å². The summed E-state index contributed by atoms with van der Waals surface area (Å²) in [6.07, 6.45) is 1.13. The van der Waals surface area contributed by atoms with Crippen molar-refractivity contribution in [1.82, 2.24) is 10.2 Å². The van der Waals surface area contributed by atoms with Crippen molar-refractivity contribution < 1.29 is 18.0 Å². The maximum absolute atomic E-state index is 14.1. The van der Waals surface area contributed by atoms with E-state index in [0.29, 0.717) is 18.0 Å². The van der Waals surface area contributed by atoms with Crippen LogP contribution in [-0.2, 0) is 26.2 Å². The highest BCUT2D eigenvalue weighted by molar-refractivity contribution is 7.92. The summed E-state index contributed by atoms with van der Waals surface area (Å²) < 4.78 is 28.8. The predicted octanol–water partition coefficient (Wildman–Crippen LogP) is 5.49. The SMILES string of the molecule is CCCNC(=O)[C@@H](CC)N(Cc1ccccc1C)C(=O)CN(c1ccc(C)c(Cl)c1)S(=O)(=O)c1ccccc1. The van der Waals surface area contributed by atoms with Crippen LogP contribution in [0.15, 0.2) is 77.7 Å². The zero-order chi connectivity index (χ0) is 28.6. The molecular formula is C30H36ClN3O4S. The number of halogens is 1. The lowest BCUT2D eigenvalue weighted by Crippen LogP contribution is -2.52. The van der Waals surface area contributed by atoms with Gasteiger partial charge < -0.3 is 10.2 Å². The third-order valence-corrected chi connectivity index (χ3v) is 8.79. The summed E-state index contributed by atoms with van der Waals surface area (Å²) in [7, 11) is -4.13. The Morgan fingerprint density at radius 1 is 0.923 bits per heavy atom. The molecule has 3 rings (SSSR count). The van der Waals surface area contributed by atoms with E-state index in [2.05, 4.69) is 5.32 Å². The zero-order valence-corrected chi connectivity index (χ0v) is 24.4. The summed E-state index contributed by atoms with van der Waals surface area (Å²) in [6, 6.07) is 19.7. The van der Waals surface area contributed by atoms with Gasteiger partial charge in [0, 0.05) is 18.1 Å². The first-order valence-corrected chi connectivity index (χ1v) is 14.9. The van der Waals surface area contributed by atoms with Gasteiger partial charge in [-0.1, -0.05) is 74.0 Å². The number of hydrogen-bond acceptors (Lipinski definition) is 4. The van der Waals surface area contributed by atoms with Gasteiger partial charge in [-0.2, -0.15) is 0 Å². The molecule has 208 valence electrons. The van der Waals surface area contributed by atoms with E-state index in [1.165, 1.54) is 17.0 Å². The van der Waals surface area contributed by atoms with Crippen molar-refractivity contribution in [2.45, 2.75) is 58.0 Å². The van der Waals surface area contributed by atoms with E-state index in [-0.39, 0.29) is 23.0 Å². The second-order valence-corrected chi connectivity index (χ2v) is 11.7. The smallest absolute Gasteiger partial charge is 0.264 e. The normalized spacial score (nSPS) is 12.0. The van der Waals surface area contributed by atoms with Crippen LogP contribution in [-0.4, -0.2) is 44.3 Å². The maximum Gasteiger partial charge on any atom is 0.264 e. The first kappa shape index (κ1) is 30.2. The molecule has 3 aromatic carbocycles. The van der Waals surface area contributed by atoms with Crippen molar-refractivity contribution in [1.29, 1.82) is 0 Å². The summed E-state index contributed by atoms with van der Waals surface area (Å²) in [5.41, 5.74) is 2.90. The average molecular weight is 570 g/mol. The van der Waals surface area contributed by atoms with Gasteiger partial charge >= 0.3 is 0 Å². The van der Waals surface area contributed by atoms with Gasteiger partial charge in [-0.25, -0.2) is 8.42 Å². The first-order valence-electron chi connectivity index (χ1n) is 13.1. The molecule has 0 unspecified atom stereocenters. The highest BCUT2D eigenvalue weighted by Crippen LogP contribution is 2.28. The van der Waals surface area contributed by atoms with Crippen molar-refractivity contribution in [3.8, 4) is 0 Å². The number of carbonyl (C=O) groups excluding carboxylic acids is 2. The van der Waals surface area contributed by atoms with Crippen molar-refractivity contribution in [3.63, 3.8) is 0 Å². The van der Waals surface area contributed by atoms with Crippen molar-refractivity contribution >= 4 is 39.1 Å². The minimum atomic E-state index is -4.13. The Bertz CT molecular complexity index is 1400. The molecule has 0 fully saturated rings. The number of rotatable bonds is 12. The number of nitrogens with zero attached hydrogens (tertiary/aromatic N) is 2. The van der Waals surface area contributed by atoms with Gasteiger partial charge in [0.2, 0.25) is 11.8 Å². The molecule has 2 amide bonds. The Hall–Kier alpha value is -3.36. The van der Waals surface area contributed by atoms with E-state index in [4.69, 9.17) is 11.6 Å². The van der Waals surface area contributed by atoms with Crippen molar-refractivity contribution in [2.75, 3.05) is 17.4 Å². The number of aryl methyl sites for hydroxylation is 2. The molecular weight excluding hydrogens is 534 g/mol. The van der Waals surface area contributed by atoms with Gasteiger partial charge in [0.1, 0.15) is 12.6 Å². The molecule has 0 aliphatic heterocycles. The van der Waals surface area contributed by atoms with E-state index >= 15 is 0 Å². The van der Waals surface area contributed by atoms with E-state index in [0.717, 1.165) is 27.4 Å². The topological polar surface area (TPSA) is 86.8 Å². The highest BCUT2D eigenvalue weighted by atomic mass is 35.5. The number of amides is 2. The molecule has 0 aliphatic rings. The molecule has 0 saturated heterocycles. The van der Waals surface area contributed by atoms with Gasteiger partial charge in [-0.15, -0.1) is 0 Å².